The fourth-order valence-corrected chi connectivity index (χ4v) is 1.45. The van der Waals surface area contributed by atoms with Crippen LogP contribution >= 0.6 is 11.6 Å². The zero-order chi connectivity index (χ0) is 10.1. The first-order chi connectivity index (χ1) is 6.68. The van der Waals surface area contributed by atoms with E-state index in [1.165, 1.54) is 10.9 Å². The molecule has 1 N–H and O–H groups in total. The van der Waals surface area contributed by atoms with Crippen molar-refractivity contribution in [2.45, 2.75) is 6.92 Å². The Morgan fingerprint density at radius 3 is 2.79 bits per heavy atom. The van der Waals surface area contributed by atoms with Crippen molar-refractivity contribution in [3.63, 3.8) is 0 Å². The third-order valence-corrected chi connectivity index (χ3v) is 2.29. The average molecular weight is 209 g/mol. The lowest BCUT2D eigenvalue weighted by Gasteiger charge is -2.03. The van der Waals surface area contributed by atoms with Crippen LogP contribution in [-0.2, 0) is 0 Å². The van der Waals surface area contributed by atoms with Crippen LogP contribution in [0.25, 0.3) is 5.69 Å². The third-order valence-electron chi connectivity index (χ3n) is 1.94. The van der Waals surface area contributed by atoms with Crippen LogP contribution in [0.4, 0.5) is 0 Å². The van der Waals surface area contributed by atoms with Crippen molar-refractivity contribution in [1.82, 2.24) is 9.78 Å². The lowest BCUT2D eigenvalue weighted by molar-refractivity contribution is 0.475. The van der Waals surface area contributed by atoms with Gasteiger partial charge < -0.3 is 5.11 Å². The molecule has 0 saturated carbocycles. The highest BCUT2D eigenvalue weighted by Crippen LogP contribution is 2.25. The number of hydrogen-bond acceptors (Lipinski definition) is 2. The maximum atomic E-state index is 9.26. The van der Waals surface area contributed by atoms with E-state index in [0.29, 0.717) is 0 Å². The number of aromatic hydroxyl groups is 1. The Labute approximate surface area is 86.6 Å². The quantitative estimate of drug-likeness (QED) is 0.782. The minimum atomic E-state index is -0.00632. The topological polar surface area (TPSA) is 38.0 Å². The first-order valence-corrected chi connectivity index (χ1v) is 4.56. The van der Waals surface area contributed by atoms with Crippen molar-refractivity contribution in [3.8, 4) is 11.4 Å². The summed E-state index contributed by atoms with van der Waals surface area (Å²) in [4.78, 5) is 0. The highest BCUT2D eigenvalue weighted by Gasteiger charge is 2.07. The summed E-state index contributed by atoms with van der Waals surface area (Å²) in [5, 5.41) is 13.4. The van der Waals surface area contributed by atoms with Crippen LogP contribution in [0, 0.1) is 6.92 Å². The summed E-state index contributed by atoms with van der Waals surface area (Å²) in [7, 11) is 0. The molecule has 0 amide bonds. The highest BCUT2D eigenvalue weighted by atomic mass is 35.5. The predicted molar refractivity (Wildman–Crippen MR) is 55.0 cm³/mol. The predicted octanol–water partition coefficient (Wildman–Crippen LogP) is 2.54. The van der Waals surface area contributed by atoms with E-state index in [0.717, 1.165) is 11.3 Å². The van der Waals surface area contributed by atoms with Gasteiger partial charge in [0.25, 0.3) is 0 Å². The molecule has 0 aliphatic rings. The standard InChI is InChI=1S/C10H9ClN2O/c1-7-3-2-4-8(5-7)13-10(11)9(14)6-12-13/h2-6,14H,1H3. The van der Waals surface area contributed by atoms with E-state index in [4.69, 9.17) is 11.6 Å². The number of benzene rings is 1. The fourth-order valence-electron chi connectivity index (χ4n) is 1.26. The Morgan fingerprint density at radius 2 is 2.21 bits per heavy atom. The van der Waals surface area contributed by atoms with Gasteiger partial charge in [-0.1, -0.05) is 23.7 Å². The summed E-state index contributed by atoms with van der Waals surface area (Å²) in [6.45, 7) is 1.99. The number of nitrogens with zero attached hydrogens (tertiary/aromatic N) is 2. The zero-order valence-corrected chi connectivity index (χ0v) is 8.36. The average Bonchev–Trinajstić information content (AvgIpc) is 2.48. The number of halogens is 1. The van der Waals surface area contributed by atoms with Gasteiger partial charge >= 0.3 is 0 Å². The van der Waals surface area contributed by atoms with Gasteiger partial charge in [-0.15, -0.1) is 0 Å². The molecule has 0 radical (unpaired) electrons. The van der Waals surface area contributed by atoms with Crippen LogP contribution in [0.1, 0.15) is 5.56 Å². The largest absolute Gasteiger partial charge is 0.504 e. The van der Waals surface area contributed by atoms with Gasteiger partial charge in [-0.3, -0.25) is 0 Å². The summed E-state index contributed by atoms with van der Waals surface area (Å²) in [6.07, 6.45) is 1.32. The van der Waals surface area contributed by atoms with Gasteiger partial charge in [-0.2, -0.15) is 5.10 Å². The van der Waals surface area contributed by atoms with Crippen molar-refractivity contribution in [1.29, 1.82) is 0 Å². The maximum Gasteiger partial charge on any atom is 0.174 e. The molecule has 0 spiro atoms. The smallest absolute Gasteiger partial charge is 0.174 e. The summed E-state index contributed by atoms with van der Waals surface area (Å²) < 4.78 is 1.49. The van der Waals surface area contributed by atoms with Crippen molar-refractivity contribution < 1.29 is 5.11 Å². The molecule has 0 fully saturated rings. The van der Waals surface area contributed by atoms with E-state index in [1.807, 2.05) is 31.2 Å². The summed E-state index contributed by atoms with van der Waals surface area (Å²) in [5.41, 5.74) is 1.96. The summed E-state index contributed by atoms with van der Waals surface area (Å²) in [5.74, 6) is -0.00632. The molecule has 14 heavy (non-hydrogen) atoms. The molecule has 0 bridgehead atoms. The van der Waals surface area contributed by atoms with Gasteiger partial charge in [0, 0.05) is 0 Å². The Hall–Kier alpha value is -1.48. The van der Waals surface area contributed by atoms with Gasteiger partial charge in [0.05, 0.1) is 11.9 Å². The van der Waals surface area contributed by atoms with Gasteiger partial charge in [-0.05, 0) is 24.6 Å². The molecular formula is C10H9ClN2O. The minimum absolute atomic E-state index is 0.00632. The second-order valence-corrected chi connectivity index (χ2v) is 3.43. The number of hydrogen-bond donors (Lipinski definition) is 1. The van der Waals surface area contributed by atoms with Crippen molar-refractivity contribution in [3.05, 3.63) is 41.2 Å². The molecule has 0 saturated heterocycles. The fraction of sp³-hybridized carbons (Fsp3) is 0.100. The number of rotatable bonds is 1. The molecule has 2 rings (SSSR count). The lowest BCUT2D eigenvalue weighted by Crippen LogP contribution is -1.95. The molecular weight excluding hydrogens is 200 g/mol. The van der Waals surface area contributed by atoms with Gasteiger partial charge in [0.15, 0.2) is 10.9 Å². The Morgan fingerprint density at radius 1 is 1.43 bits per heavy atom. The second-order valence-electron chi connectivity index (χ2n) is 3.07. The molecule has 0 atom stereocenters. The Kier molecular flexibility index (Phi) is 2.17. The molecule has 0 unspecified atom stereocenters. The highest BCUT2D eigenvalue weighted by molar-refractivity contribution is 6.31. The van der Waals surface area contributed by atoms with E-state index in [9.17, 15) is 5.11 Å². The first kappa shape index (κ1) is 9.09. The molecule has 3 nitrogen and oxygen atoms in total. The molecule has 4 heteroatoms. The normalized spacial score (nSPS) is 10.4. The van der Waals surface area contributed by atoms with Gasteiger partial charge in [0.2, 0.25) is 0 Å². The number of aromatic nitrogens is 2. The summed E-state index contributed by atoms with van der Waals surface area (Å²) in [6, 6.07) is 7.73. The monoisotopic (exact) mass is 208 g/mol. The molecule has 2 aromatic rings. The van der Waals surface area contributed by atoms with Crippen LogP contribution in [-0.4, -0.2) is 14.9 Å². The van der Waals surface area contributed by atoms with Crippen LogP contribution < -0.4 is 0 Å². The SMILES string of the molecule is Cc1cccc(-n2ncc(O)c2Cl)c1. The molecule has 0 aliphatic carbocycles. The van der Waals surface area contributed by atoms with E-state index < -0.39 is 0 Å². The Bertz CT molecular complexity index is 465. The molecule has 1 heterocycles. The third kappa shape index (κ3) is 1.46. The van der Waals surface area contributed by atoms with E-state index in [-0.39, 0.29) is 10.9 Å². The number of aryl methyl sites for hydroxylation is 1. The van der Waals surface area contributed by atoms with E-state index in [2.05, 4.69) is 5.10 Å². The maximum absolute atomic E-state index is 9.26. The van der Waals surface area contributed by atoms with Crippen molar-refractivity contribution in [2.24, 2.45) is 0 Å². The van der Waals surface area contributed by atoms with Crippen LogP contribution in [0.3, 0.4) is 0 Å². The summed E-state index contributed by atoms with van der Waals surface area (Å²) >= 11 is 5.85. The lowest BCUT2D eigenvalue weighted by atomic mass is 10.2. The minimum Gasteiger partial charge on any atom is -0.504 e. The molecule has 1 aromatic heterocycles. The van der Waals surface area contributed by atoms with Gasteiger partial charge in [0.1, 0.15) is 0 Å². The zero-order valence-electron chi connectivity index (χ0n) is 7.61. The Balaban J connectivity index is 2.55. The molecule has 1 aromatic carbocycles. The van der Waals surface area contributed by atoms with E-state index >= 15 is 0 Å². The van der Waals surface area contributed by atoms with Crippen molar-refractivity contribution >= 4 is 11.6 Å². The molecule has 0 aliphatic heterocycles. The second kappa shape index (κ2) is 3.35. The molecule has 72 valence electrons. The van der Waals surface area contributed by atoms with Crippen LogP contribution in [0.15, 0.2) is 30.5 Å². The van der Waals surface area contributed by atoms with Crippen molar-refractivity contribution in [2.75, 3.05) is 0 Å². The van der Waals surface area contributed by atoms with E-state index in [1.54, 1.807) is 0 Å². The van der Waals surface area contributed by atoms with Crippen LogP contribution in [0.2, 0.25) is 5.15 Å². The van der Waals surface area contributed by atoms with Gasteiger partial charge in [-0.25, -0.2) is 4.68 Å². The van der Waals surface area contributed by atoms with Crippen LogP contribution in [0.5, 0.6) is 5.75 Å². The first-order valence-electron chi connectivity index (χ1n) is 4.18.